The molecule has 0 bridgehead atoms. The molecule has 0 spiro atoms. The van der Waals surface area contributed by atoms with Crippen LogP contribution < -0.4 is 27.0 Å². The van der Waals surface area contributed by atoms with Crippen molar-refractivity contribution < 1.29 is 27.5 Å². The monoisotopic (exact) mass is 492 g/mol. The molecule has 1 aromatic heterocycles. The number of carbonyl (C=O) groups excluding carboxylic acids is 1. The summed E-state index contributed by atoms with van der Waals surface area (Å²) in [7, 11) is 0. The Morgan fingerprint density at radius 1 is 1.11 bits per heavy atom. The molecular weight excluding hydrogens is 473 g/mol. The lowest BCUT2D eigenvalue weighted by molar-refractivity contribution is -0.274. The van der Waals surface area contributed by atoms with Gasteiger partial charge >= 0.3 is 18.1 Å². The number of hydrogen-bond acceptors (Lipinski definition) is 7. The molecule has 0 saturated heterocycles. The van der Waals surface area contributed by atoms with Crippen LogP contribution in [0.4, 0.5) is 23.7 Å². The molecule has 3 N–H and O–H groups in total. The van der Waals surface area contributed by atoms with Gasteiger partial charge in [0.2, 0.25) is 0 Å². The van der Waals surface area contributed by atoms with Crippen molar-refractivity contribution in [3.63, 3.8) is 0 Å². The van der Waals surface area contributed by atoms with Crippen molar-refractivity contribution >= 4 is 17.6 Å². The van der Waals surface area contributed by atoms with E-state index in [2.05, 4.69) is 25.1 Å². The summed E-state index contributed by atoms with van der Waals surface area (Å²) in [4.78, 5) is 42.1. The lowest BCUT2D eigenvalue weighted by Crippen LogP contribution is -2.45. The van der Waals surface area contributed by atoms with E-state index in [9.17, 15) is 27.6 Å². The number of benzene rings is 2. The largest absolute Gasteiger partial charge is 0.573 e. The number of alkyl halides is 3. The molecular formula is C21H19F3N6O5. The Morgan fingerprint density at radius 2 is 1.77 bits per heavy atom. The number of oxime groups is 1. The number of ether oxygens (including phenoxy) is 1. The molecule has 0 aliphatic rings. The van der Waals surface area contributed by atoms with Crippen LogP contribution in [0.5, 0.6) is 5.75 Å². The number of rotatable bonds is 7. The number of nitrogens with one attached hydrogen (secondary N) is 1. The van der Waals surface area contributed by atoms with Gasteiger partial charge in [0, 0.05) is 12.2 Å². The molecule has 0 radical (unpaired) electrons. The summed E-state index contributed by atoms with van der Waals surface area (Å²) in [6.45, 7) is 1.86. The number of amides is 1. The molecule has 0 unspecified atom stereocenters. The van der Waals surface area contributed by atoms with Crippen LogP contribution in [0, 0.1) is 0 Å². The molecule has 3 aromatic rings. The third-order valence-electron chi connectivity index (χ3n) is 4.31. The number of halogens is 3. The van der Waals surface area contributed by atoms with Gasteiger partial charge in [-0.2, -0.15) is 9.78 Å². The third kappa shape index (κ3) is 6.46. The third-order valence-corrected chi connectivity index (χ3v) is 4.31. The Hall–Kier alpha value is -4.62. The van der Waals surface area contributed by atoms with Gasteiger partial charge < -0.3 is 10.5 Å². The lowest BCUT2D eigenvalue weighted by Gasteiger charge is -2.11. The maximum atomic E-state index is 12.7. The predicted octanol–water partition coefficient (Wildman–Crippen LogP) is 2.57. The van der Waals surface area contributed by atoms with Gasteiger partial charge in [-0.15, -0.1) is 13.2 Å². The van der Waals surface area contributed by atoms with Gasteiger partial charge in [0.1, 0.15) is 5.75 Å². The summed E-state index contributed by atoms with van der Waals surface area (Å²) in [6.07, 6.45) is -5.54. The lowest BCUT2D eigenvalue weighted by atomic mass is 10.3. The highest BCUT2D eigenvalue weighted by atomic mass is 19.4. The summed E-state index contributed by atoms with van der Waals surface area (Å²) >= 11 is 0. The van der Waals surface area contributed by atoms with E-state index in [1.807, 2.05) is 0 Å². The number of nitrogens with zero attached hydrogens (tertiary/aromatic N) is 4. The summed E-state index contributed by atoms with van der Waals surface area (Å²) < 4.78 is 42.3. The molecule has 1 heterocycles. The second kappa shape index (κ2) is 10.5. The van der Waals surface area contributed by atoms with Crippen molar-refractivity contribution in [2.45, 2.75) is 26.3 Å². The van der Waals surface area contributed by atoms with Gasteiger partial charge in [-0.1, -0.05) is 30.3 Å². The minimum atomic E-state index is -4.85. The van der Waals surface area contributed by atoms with Crippen molar-refractivity contribution in [2.75, 3.05) is 5.32 Å². The summed E-state index contributed by atoms with van der Waals surface area (Å²) in [5, 5.41) is 9.60. The van der Waals surface area contributed by atoms with E-state index in [0.717, 1.165) is 33.5 Å². The molecule has 1 amide bonds. The molecule has 0 fully saturated rings. The number of aromatic nitrogens is 3. The first-order valence-corrected chi connectivity index (χ1v) is 10.1. The van der Waals surface area contributed by atoms with Crippen LogP contribution in [-0.4, -0.2) is 32.6 Å². The second-order valence-electron chi connectivity index (χ2n) is 6.89. The van der Waals surface area contributed by atoms with Gasteiger partial charge in [-0.05, 0) is 42.8 Å². The fourth-order valence-electron chi connectivity index (χ4n) is 2.85. The fraction of sp³-hybridized carbons (Fsp3) is 0.190. The standard InChI is InChI=1S/C21H19F3N6O5/c1-2-12-29-18(31)16(27-30(20(29)33)14-6-4-3-5-7-14)17(25)28-35-19(32)26-13-8-10-15(11-9-13)34-21(22,23)24/h3-11H,2,12H2,1H3,(H2,25,28)(H,26,32). The zero-order valence-corrected chi connectivity index (χ0v) is 18.2. The predicted molar refractivity (Wildman–Crippen MR) is 118 cm³/mol. The normalized spacial score (nSPS) is 11.7. The first-order valence-electron chi connectivity index (χ1n) is 10.1. The molecule has 0 aliphatic carbocycles. The molecule has 14 heteroatoms. The number of amidine groups is 1. The van der Waals surface area contributed by atoms with Crippen molar-refractivity contribution in [3.05, 3.63) is 81.1 Å². The van der Waals surface area contributed by atoms with Gasteiger partial charge in [0.15, 0.2) is 11.5 Å². The number of para-hydroxylation sites is 1. The zero-order valence-electron chi connectivity index (χ0n) is 18.2. The van der Waals surface area contributed by atoms with Crippen molar-refractivity contribution in [1.82, 2.24) is 14.3 Å². The molecule has 11 nitrogen and oxygen atoms in total. The second-order valence-corrected chi connectivity index (χ2v) is 6.89. The Bertz CT molecular complexity index is 1330. The number of nitrogens with two attached hydrogens (primary N) is 1. The van der Waals surface area contributed by atoms with Crippen molar-refractivity contribution in [2.24, 2.45) is 10.9 Å². The molecule has 3 rings (SSSR count). The average Bonchev–Trinajstić information content (AvgIpc) is 2.81. The van der Waals surface area contributed by atoms with Crippen LogP contribution >= 0.6 is 0 Å². The molecule has 184 valence electrons. The average molecular weight is 492 g/mol. The minimum Gasteiger partial charge on any atom is -0.406 e. The van der Waals surface area contributed by atoms with E-state index in [1.165, 1.54) is 0 Å². The van der Waals surface area contributed by atoms with E-state index in [1.54, 1.807) is 37.3 Å². The number of hydrogen-bond donors (Lipinski definition) is 2. The van der Waals surface area contributed by atoms with Crippen LogP contribution in [0.15, 0.2) is 69.3 Å². The van der Waals surface area contributed by atoms with Crippen LogP contribution in [0.1, 0.15) is 19.0 Å². The molecule has 0 atom stereocenters. The Morgan fingerprint density at radius 3 is 2.37 bits per heavy atom. The number of anilines is 1. The smallest absolute Gasteiger partial charge is 0.406 e. The van der Waals surface area contributed by atoms with E-state index >= 15 is 0 Å². The fourth-order valence-corrected chi connectivity index (χ4v) is 2.85. The van der Waals surface area contributed by atoms with Crippen LogP contribution in [0.25, 0.3) is 5.69 Å². The van der Waals surface area contributed by atoms with E-state index < -0.39 is 41.0 Å². The van der Waals surface area contributed by atoms with Crippen LogP contribution in [0.2, 0.25) is 0 Å². The van der Waals surface area contributed by atoms with Crippen molar-refractivity contribution in [3.8, 4) is 11.4 Å². The highest BCUT2D eigenvalue weighted by Gasteiger charge is 2.31. The van der Waals surface area contributed by atoms with E-state index in [4.69, 9.17) is 5.73 Å². The van der Waals surface area contributed by atoms with Gasteiger partial charge in [0.25, 0.3) is 5.56 Å². The Kier molecular flexibility index (Phi) is 7.53. The Labute approximate surface area is 195 Å². The first-order chi connectivity index (χ1) is 16.6. The maximum Gasteiger partial charge on any atom is 0.573 e. The van der Waals surface area contributed by atoms with Crippen LogP contribution in [-0.2, 0) is 11.4 Å². The summed E-state index contributed by atoms with van der Waals surface area (Å²) in [5.41, 5.74) is 4.31. The molecule has 0 aliphatic heterocycles. The molecule has 2 aromatic carbocycles. The topological polar surface area (TPSA) is 143 Å². The van der Waals surface area contributed by atoms with E-state index in [-0.39, 0.29) is 12.2 Å². The minimum absolute atomic E-state index is 0.0688. The van der Waals surface area contributed by atoms with Gasteiger partial charge in [0.05, 0.1) is 5.69 Å². The van der Waals surface area contributed by atoms with Gasteiger partial charge in [-0.25, -0.2) is 9.59 Å². The Balaban J connectivity index is 1.81. The molecule has 35 heavy (non-hydrogen) atoms. The highest BCUT2D eigenvalue weighted by molar-refractivity contribution is 5.95. The SMILES string of the molecule is CCCn1c(=O)c(/C(N)=N\OC(=O)Nc2ccc(OC(F)(F)F)cc2)nn(-c2ccccc2)c1=O. The summed E-state index contributed by atoms with van der Waals surface area (Å²) in [5.74, 6) is -1.06. The summed E-state index contributed by atoms with van der Waals surface area (Å²) in [6, 6.07) is 12.5. The maximum absolute atomic E-state index is 12.7. The molecule has 0 saturated carbocycles. The highest BCUT2D eigenvalue weighted by Crippen LogP contribution is 2.24. The first kappa shape index (κ1) is 25.0. The van der Waals surface area contributed by atoms with Gasteiger partial charge in [-0.3, -0.25) is 19.5 Å². The number of carbonyl (C=O) groups is 1. The quantitative estimate of drug-likeness (QED) is 0.223. The zero-order chi connectivity index (χ0) is 25.6. The van der Waals surface area contributed by atoms with Crippen molar-refractivity contribution in [1.29, 1.82) is 0 Å². The van der Waals surface area contributed by atoms with E-state index in [0.29, 0.717) is 12.1 Å². The van der Waals surface area contributed by atoms with Crippen LogP contribution in [0.3, 0.4) is 0 Å².